The topological polar surface area (TPSA) is 155 Å². The molecule has 0 aliphatic heterocycles. The molecule has 0 radical (unpaired) electrons. The molecule has 0 bridgehead atoms. The molecule has 0 saturated carbocycles. The molecular weight excluding hydrogens is 507 g/mol. The molecule has 1 aromatic heterocycles. The first kappa shape index (κ1) is 24.9. The minimum absolute atomic E-state index is 0.0307. The number of carboxylic acid groups (broad SMARTS) is 1. The number of hydrogen-bond acceptors (Lipinski definition) is 7. The molecule has 3 rings (SSSR count). The first-order valence-electron chi connectivity index (χ1n) is 9.34. The van der Waals surface area contributed by atoms with Crippen LogP contribution in [0.5, 0.6) is 5.75 Å². The molecule has 14 heteroatoms. The summed E-state index contributed by atoms with van der Waals surface area (Å²) >= 11 is 17.2. The van der Waals surface area contributed by atoms with Gasteiger partial charge in [-0.25, -0.2) is 4.79 Å². The van der Waals surface area contributed by atoms with Gasteiger partial charge in [-0.1, -0.05) is 29.3 Å². The van der Waals surface area contributed by atoms with Crippen LogP contribution in [0.15, 0.2) is 41.5 Å². The van der Waals surface area contributed by atoms with Crippen molar-refractivity contribution >= 4 is 63.6 Å². The number of aromatic nitrogens is 2. The number of nitrogens with zero attached hydrogens (tertiary/aromatic N) is 4. The molecule has 0 spiro atoms. The summed E-state index contributed by atoms with van der Waals surface area (Å²) in [6, 6.07) is 8.36. The number of hydrogen-bond donors (Lipinski definition) is 4. The molecule has 34 heavy (non-hydrogen) atoms. The molecule has 176 valence electrons. The quantitative estimate of drug-likeness (QED) is 0.159. The van der Waals surface area contributed by atoms with E-state index in [0.29, 0.717) is 21.3 Å². The van der Waals surface area contributed by atoms with E-state index in [1.54, 1.807) is 32.2 Å². The van der Waals surface area contributed by atoms with E-state index in [2.05, 4.69) is 20.9 Å². The molecule has 0 amide bonds. The standard InChI is InChI=1S/C20H16Cl2N6O5S/c1-9(16-18(29)17(27(2)26-16)10-3-6-13(21)14(22)7-10)24-25-20(34)23-11-4-5-12(19(30)31)15(8-11)28(32)33/h3-8,29H,1-2H3,(H,30,31)(H2,23,25,34). The van der Waals surface area contributed by atoms with Crippen molar-refractivity contribution < 1.29 is 19.9 Å². The zero-order valence-electron chi connectivity index (χ0n) is 17.5. The predicted molar refractivity (Wildman–Crippen MR) is 132 cm³/mol. The average molecular weight is 523 g/mol. The highest BCUT2D eigenvalue weighted by Crippen LogP contribution is 2.35. The summed E-state index contributed by atoms with van der Waals surface area (Å²) in [5.74, 6) is -1.56. The number of benzene rings is 2. The Bertz CT molecular complexity index is 1360. The van der Waals surface area contributed by atoms with Gasteiger partial charge in [0, 0.05) is 24.4 Å². The Morgan fingerprint density at radius 1 is 1.24 bits per heavy atom. The van der Waals surface area contributed by atoms with Gasteiger partial charge in [-0.05, 0) is 43.4 Å². The summed E-state index contributed by atoms with van der Waals surface area (Å²) in [7, 11) is 1.64. The first-order valence-corrected chi connectivity index (χ1v) is 10.5. The Labute approximate surface area is 207 Å². The second-order valence-corrected chi connectivity index (χ2v) is 8.08. The van der Waals surface area contributed by atoms with Crippen molar-refractivity contribution in [2.75, 3.05) is 5.32 Å². The molecule has 0 aliphatic rings. The number of rotatable bonds is 6. The Kier molecular flexibility index (Phi) is 7.35. The molecule has 11 nitrogen and oxygen atoms in total. The molecule has 0 saturated heterocycles. The van der Waals surface area contributed by atoms with Crippen LogP contribution in [0.4, 0.5) is 11.4 Å². The molecular formula is C20H16Cl2N6O5S. The van der Waals surface area contributed by atoms with Crippen LogP contribution >= 0.6 is 35.4 Å². The van der Waals surface area contributed by atoms with E-state index in [1.165, 1.54) is 10.7 Å². The maximum Gasteiger partial charge on any atom is 0.342 e. The third-order valence-electron chi connectivity index (χ3n) is 4.57. The van der Waals surface area contributed by atoms with Crippen molar-refractivity contribution in [2.24, 2.45) is 12.1 Å². The van der Waals surface area contributed by atoms with Crippen LogP contribution in [-0.2, 0) is 7.05 Å². The van der Waals surface area contributed by atoms with E-state index in [1.807, 2.05) is 0 Å². The van der Waals surface area contributed by atoms with E-state index in [9.17, 15) is 20.0 Å². The summed E-state index contributed by atoms with van der Waals surface area (Å²) in [6.07, 6.45) is 0. The van der Waals surface area contributed by atoms with Crippen molar-refractivity contribution in [2.45, 2.75) is 6.92 Å². The number of halogens is 2. The van der Waals surface area contributed by atoms with Crippen LogP contribution in [0.25, 0.3) is 11.3 Å². The number of anilines is 1. The second-order valence-electron chi connectivity index (χ2n) is 6.86. The van der Waals surface area contributed by atoms with Crippen LogP contribution in [0.2, 0.25) is 10.0 Å². The summed E-state index contributed by atoms with van der Waals surface area (Å²) in [6.45, 7) is 1.59. The largest absolute Gasteiger partial charge is 0.504 e. The van der Waals surface area contributed by atoms with E-state index >= 15 is 0 Å². The summed E-state index contributed by atoms with van der Waals surface area (Å²) in [5, 5.41) is 42.6. The highest BCUT2D eigenvalue weighted by atomic mass is 35.5. The lowest BCUT2D eigenvalue weighted by Gasteiger charge is -2.08. The number of nitro groups is 1. The van der Waals surface area contributed by atoms with Gasteiger partial charge in [0.1, 0.15) is 11.3 Å². The molecule has 0 fully saturated rings. The van der Waals surface area contributed by atoms with Gasteiger partial charge in [-0.3, -0.25) is 20.2 Å². The van der Waals surface area contributed by atoms with Crippen LogP contribution in [0, 0.1) is 10.1 Å². The minimum Gasteiger partial charge on any atom is -0.504 e. The number of carboxylic acids is 1. The van der Waals surface area contributed by atoms with Crippen LogP contribution in [-0.4, -0.2) is 41.7 Å². The molecule has 0 aliphatic carbocycles. The Balaban J connectivity index is 1.78. The molecule has 1 heterocycles. The number of thiocarbonyl (C=S) groups is 1. The first-order chi connectivity index (χ1) is 16.0. The Morgan fingerprint density at radius 2 is 1.94 bits per heavy atom. The number of nitro benzene ring substituents is 1. The lowest BCUT2D eigenvalue weighted by atomic mass is 10.1. The third-order valence-corrected chi connectivity index (χ3v) is 5.50. The monoisotopic (exact) mass is 522 g/mol. The average Bonchev–Trinajstić information content (AvgIpc) is 3.07. The van der Waals surface area contributed by atoms with Crippen LogP contribution in [0.3, 0.4) is 0 Å². The predicted octanol–water partition coefficient (Wildman–Crippen LogP) is 4.42. The maximum absolute atomic E-state index is 11.1. The molecule has 4 N–H and O–H groups in total. The van der Waals surface area contributed by atoms with Crippen molar-refractivity contribution in [1.82, 2.24) is 15.2 Å². The number of hydrazone groups is 1. The number of carbonyl (C=O) groups is 1. The second kappa shape index (κ2) is 10.0. The highest BCUT2D eigenvalue weighted by molar-refractivity contribution is 7.80. The minimum atomic E-state index is -1.42. The normalized spacial score (nSPS) is 11.2. The van der Waals surface area contributed by atoms with Crippen LogP contribution in [0.1, 0.15) is 23.0 Å². The van der Waals surface area contributed by atoms with E-state index in [4.69, 9.17) is 40.5 Å². The molecule has 0 unspecified atom stereocenters. The smallest absolute Gasteiger partial charge is 0.342 e. The third kappa shape index (κ3) is 5.25. The van der Waals surface area contributed by atoms with Gasteiger partial charge in [0.15, 0.2) is 16.6 Å². The number of aryl methyl sites for hydroxylation is 1. The van der Waals surface area contributed by atoms with E-state index in [0.717, 1.165) is 12.1 Å². The van der Waals surface area contributed by atoms with Gasteiger partial charge in [0.2, 0.25) is 0 Å². The van der Waals surface area contributed by atoms with Crippen molar-refractivity contribution in [3.63, 3.8) is 0 Å². The fourth-order valence-electron chi connectivity index (χ4n) is 3.01. The fourth-order valence-corrected chi connectivity index (χ4v) is 3.47. The van der Waals surface area contributed by atoms with Gasteiger partial charge < -0.3 is 15.5 Å². The van der Waals surface area contributed by atoms with Crippen LogP contribution < -0.4 is 10.7 Å². The zero-order valence-corrected chi connectivity index (χ0v) is 19.9. The van der Waals surface area contributed by atoms with Gasteiger partial charge in [0.25, 0.3) is 5.69 Å². The molecule has 0 atom stereocenters. The van der Waals surface area contributed by atoms with Gasteiger partial charge in [-0.15, -0.1) is 0 Å². The maximum atomic E-state index is 11.1. The van der Waals surface area contributed by atoms with Crippen molar-refractivity contribution in [1.29, 1.82) is 0 Å². The van der Waals surface area contributed by atoms with E-state index < -0.39 is 22.1 Å². The number of aromatic carboxylic acids is 1. The van der Waals surface area contributed by atoms with Crippen molar-refractivity contribution in [3.8, 4) is 17.0 Å². The SMILES string of the molecule is CC(=NNC(=S)Nc1ccc(C(=O)O)c([N+](=O)[O-])c1)c1nn(C)c(-c2ccc(Cl)c(Cl)c2)c1O. The Hall–Kier alpha value is -3.74. The number of nitrogens with one attached hydrogen (secondary N) is 2. The molecule has 2 aromatic carbocycles. The highest BCUT2D eigenvalue weighted by Gasteiger charge is 2.21. The van der Waals surface area contributed by atoms with Gasteiger partial charge >= 0.3 is 5.97 Å². The van der Waals surface area contributed by atoms with Gasteiger partial charge in [-0.2, -0.15) is 10.2 Å². The lowest BCUT2D eigenvalue weighted by molar-refractivity contribution is -0.385. The summed E-state index contributed by atoms with van der Waals surface area (Å²) in [5.41, 5.74) is 3.16. The van der Waals surface area contributed by atoms with Gasteiger partial charge in [0.05, 0.1) is 20.7 Å². The van der Waals surface area contributed by atoms with E-state index in [-0.39, 0.29) is 28.0 Å². The fraction of sp³-hybridized carbons (Fsp3) is 0.100. The molecule has 3 aromatic rings. The van der Waals surface area contributed by atoms with Crippen molar-refractivity contribution in [3.05, 3.63) is 67.8 Å². The Morgan fingerprint density at radius 3 is 2.56 bits per heavy atom. The lowest BCUT2D eigenvalue weighted by Crippen LogP contribution is -2.25. The number of aromatic hydroxyl groups is 1. The summed E-state index contributed by atoms with van der Waals surface area (Å²) < 4.78 is 1.46. The summed E-state index contributed by atoms with van der Waals surface area (Å²) in [4.78, 5) is 21.5. The zero-order chi connectivity index (χ0) is 25.2.